The van der Waals surface area contributed by atoms with Crippen molar-refractivity contribution in [2.75, 3.05) is 0 Å². The lowest BCUT2D eigenvalue weighted by molar-refractivity contribution is 0.722. The molecule has 0 amide bonds. The van der Waals surface area contributed by atoms with Crippen LogP contribution in [0.25, 0.3) is 276 Å². The Bertz CT molecular complexity index is 9940. The van der Waals surface area contributed by atoms with E-state index >= 15 is 0 Å². The zero-order valence-electron chi connectivity index (χ0n) is 76.3. The molecule has 2 unspecified atom stereocenters. The number of rotatable bonds is 12. The van der Waals surface area contributed by atoms with Crippen molar-refractivity contribution < 1.29 is 0 Å². The molecule has 2 aliphatic rings. The molecule has 2 atom stereocenters. The van der Waals surface area contributed by atoms with Crippen LogP contribution in [-0.4, -0.2) is 0 Å². The van der Waals surface area contributed by atoms with Gasteiger partial charge in [0, 0.05) is 52.2 Å². The first-order chi connectivity index (χ1) is 69.4. The van der Waals surface area contributed by atoms with Crippen LogP contribution < -0.4 is 0 Å². The highest BCUT2D eigenvalue weighted by Crippen LogP contribution is 2.55. The largest absolute Gasteiger partial charge is 0.134 e. The van der Waals surface area contributed by atoms with E-state index in [0.717, 1.165) is 0 Å². The molecule has 0 fully saturated rings. The Morgan fingerprint density at radius 2 is 0.371 bits per heavy atom. The first-order valence-electron chi connectivity index (χ1n) is 48.7. The van der Waals surface area contributed by atoms with Crippen molar-refractivity contribution in [2.45, 2.75) is 11.8 Å². The Kier molecular flexibility index (Phi) is 18.4. The summed E-state index contributed by atoms with van der Waals surface area (Å²) in [5.41, 5.74) is 34.6. The lowest BCUT2D eigenvalue weighted by Crippen LogP contribution is -2.17. The van der Waals surface area contributed by atoms with Crippen LogP contribution >= 0.6 is 22.7 Å². The Balaban J connectivity index is 0.467. The molecule has 27 aromatic rings. The number of benzene rings is 25. The molecule has 0 bridgehead atoms. The van der Waals surface area contributed by atoms with Gasteiger partial charge in [-0.05, 0) is 332 Å². The fourth-order valence-electron chi connectivity index (χ4n) is 23.8. The molecular weight excluding hydrogens is 1720 g/mol. The third-order valence-corrected chi connectivity index (χ3v) is 33.1. The maximum Gasteiger partial charge on any atom is 0.0434 e. The second-order valence-electron chi connectivity index (χ2n) is 38.2. The van der Waals surface area contributed by atoms with E-state index in [0.29, 0.717) is 0 Å². The number of hydrogen-bond acceptors (Lipinski definition) is 2. The molecule has 2 heterocycles. The maximum absolute atomic E-state index is 2.57. The highest BCUT2D eigenvalue weighted by Gasteiger charge is 2.34. The van der Waals surface area contributed by atoms with Gasteiger partial charge in [-0.25, -0.2) is 0 Å². The number of fused-ring (bicyclic) bond motifs is 30. The van der Waals surface area contributed by atoms with Crippen LogP contribution in [-0.2, 0) is 0 Å². The van der Waals surface area contributed by atoms with E-state index in [2.05, 4.69) is 497 Å². The molecule has 0 aliphatic heterocycles. The highest BCUT2D eigenvalue weighted by atomic mass is 32.1. The molecule has 29 rings (SSSR count). The summed E-state index contributed by atoms with van der Waals surface area (Å²) in [6.45, 7) is 0. The third kappa shape index (κ3) is 13.0. The quantitative estimate of drug-likeness (QED) is 0.107. The van der Waals surface area contributed by atoms with E-state index in [4.69, 9.17) is 0 Å². The van der Waals surface area contributed by atoms with E-state index < -0.39 is 0 Å². The Hall–Kier alpha value is -17.2. The summed E-state index contributed by atoms with van der Waals surface area (Å²) in [6, 6.07) is 181. The van der Waals surface area contributed by atoms with Gasteiger partial charge in [-0.15, -0.1) is 22.7 Å². The van der Waals surface area contributed by atoms with Crippen molar-refractivity contribution >= 4 is 166 Å². The lowest BCUT2D eigenvalue weighted by atomic mass is 9.68. The Morgan fingerprint density at radius 3 is 0.800 bits per heavy atom. The highest BCUT2D eigenvalue weighted by molar-refractivity contribution is 7.27. The van der Waals surface area contributed by atoms with Crippen LogP contribution in [0.1, 0.15) is 28.5 Å². The Morgan fingerprint density at radius 1 is 0.129 bits per heavy atom. The fourth-order valence-corrected chi connectivity index (χ4v) is 26.6. The first-order valence-corrected chi connectivity index (χ1v) is 50.3. The Labute approximate surface area is 818 Å². The van der Waals surface area contributed by atoms with Crippen molar-refractivity contribution in [3.05, 3.63) is 514 Å². The predicted octanol–water partition coefficient (Wildman–Crippen LogP) is 39.6. The van der Waals surface area contributed by atoms with Crippen LogP contribution in [0.4, 0.5) is 0 Å². The minimum Gasteiger partial charge on any atom is -0.134 e. The van der Waals surface area contributed by atoms with E-state index in [1.165, 1.54) is 293 Å². The van der Waals surface area contributed by atoms with Gasteiger partial charge in [0.25, 0.3) is 0 Å². The van der Waals surface area contributed by atoms with Gasteiger partial charge in [-0.3, -0.25) is 0 Å². The summed E-state index contributed by atoms with van der Waals surface area (Å²) < 4.78 is 5.27. The van der Waals surface area contributed by atoms with Crippen molar-refractivity contribution in [1.29, 1.82) is 0 Å². The second kappa shape index (κ2) is 32.2. The molecule has 0 spiro atoms. The molecule has 2 heteroatoms. The topological polar surface area (TPSA) is 0 Å². The van der Waals surface area contributed by atoms with Crippen LogP contribution in [0, 0.1) is 0 Å². The molecule has 0 saturated carbocycles. The van der Waals surface area contributed by atoms with Gasteiger partial charge in [0.05, 0.1) is 0 Å². The SMILES string of the molecule is C1=CC2c3ccccc3-c3cc(-c4cccc(-c5ccc6c7ccccc7c7cc(-c8ccc9c%10ccc(-c%11cccc%12c%11sc%11c(-c%13cccc(-c%14cccc%15c%14sc%14c(-c%16ccccc%16)cccc%14%15)c%13)cccc%11%12)cc%10c%10ccccc%10c9c8)ccc7c6c5)c4)ccc3C2C=C1c1ccc2c3ccccc3c3cc(-c4cccc(-c5cc(-c6ccccc6)cc(-c6ccccc6)c5)c4)ccc3c2c1. The molecule has 0 saturated heterocycles. The van der Waals surface area contributed by atoms with Crippen molar-refractivity contribution in [1.82, 2.24) is 0 Å². The standard InChI is InChI=1S/C138H84S2/c1-4-25-83(26-5-1)100-72-101(84-27-6-2-7-28-84)74-102(73-100)89-34-19-33-88(70-89)92-58-66-121-129(76-92)111-41-14-11-38-108(111)117-63-55-95(81-133(117)121)94-54-62-116-107-37-10-13-40-110(107)128-75-91(57-65-120(128)132(116)80-94)87-32-18-31-86(69-87)90-53-61-115-109-39-12-15-42-112(109)130-79-96(59-67-122(130)131(115)77-90)93-56-64-118-119-68-60-99(82-134(119)114-44-17-16-43-113(114)127(118)78-93)106-48-24-52-126-125-51-23-47-105(137(125)140-138(106)126)98-36-20-35-97(71-98)104-46-22-50-124-123-49-21-45-103(135(123)139-136(104)124)85-29-8-3-9-30-85/h1-82,116,132H. The minimum atomic E-state index is 0.144. The summed E-state index contributed by atoms with van der Waals surface area (Å²) in [5, 5.41) is 27.8. The van der Waals surface area contributed by atoms with Crippen LogP contribution in [0.15, 0.2) is 497 Å². The van der Waals surface area contributed by atoms with Crippen LogP contribution in [0.5, 0.6) is 0 Å². The molecule has 2 aromatic heterocycles. The summed E-state index contributed by atoms with van der Waals surface area (Å²) in [4.78, 5) is 0. The fraction of sp³-hybridized carbons (Fsp3) is 0.0145. The normalized spacial score (nSPS) is 13.6. The second-order valence-corrected chi connectivity index (χ2v) is 40.2. The van der Waals surface area contributed by atoms with Crippen molar-refractivity contribution in [3.63, 3.8) is 0 Å². The lowest BCUT2D eigenvalue weighted by Gasteiger charge is -2.35. The van der Waals surface area contributed by atoms with Gasteiger partial charge in [0.15, 0.2) is 0 Å². The van der Waals surface area contributed by atoms with Crippen molar-refractivity contribution in [2.24, 2.45) is 0 Å². The number of thiophene rings is 2. The number of allylic oxidation sites excluding steroid dienone is 4. The molecule has 2 aliphatic carbocycles. The van der Waals surface area contributed by atoms with E-state index in [1.54, 1.807) is 0 Å². The van der Waals surface area contributed by atoms with Gasteiger partial charge in [-0.2, -0.15) is 0 Å². The van der Waals surface area contributed by atoms with E-state index in [-0.39, 0.29) is 11.8 Å². The molecule has 25 aromatic carbocycles. The molecule has 140 heavy (non-hydrogen) atoms. The van der Waals surface area contributed by atoms with Gasteiger partial charge in [0.2, 0.25) is 0 Å². The smallest absolute Gasteiger partial charge is 0.0434 e. The molecule has 648 valence electrons. The molecular formula is C138H84S2. The van der Waals surface area contributed by atoms with Gasteiger partial charge >= 0.3 is 0 Å². The van der Waals surface area contributed by atoms with E-state index in [9.17, 15) is 0 Å². The average Bonchev–Trinajstić information content (AvgIpc) is 0.989. The van der Waals surface area contributed by atoms with Gasteiger partial charge in [-0.1, -0.05) is 419 Å². The van der Waals surface area contributed by atoms with Crippen LogP contribution in [0.3, 0.4) is 0 Å². The molecule has 0 nitrogen and oxygen atoms in total. The maximum atomic E-state index is 2.57. The summed E-state index contributed by atoms with van der Waals surface area (Å²) >= 11 is 3.84. The minimum absolute atomic E-state index is 0.144. The van der Waals surface area contributed by atoms with Crippen molar-refractivity contribution in [3.8, 4) is 134 Å². The first kappa shape index (κ1) is 80.1. The van der Waals surface area contributed by atoms with E-state index in [1.807, 2.05) is 22.7 Å². The summed E-state index contributed by atoms with van der Waals surface area (Å²) in [6.07, 6.45) is 7.45. The third-order valence-electron chi connectivity index (χ3n) is 30.6. The van der Waals surface area contributed by atoms with Gasteiger partial charge in [0.1, 0.15) is 0 Å². The average molecular weight is 1810 g/mol. The van der Waals surface area contributed by atoms with Crippen LogP contribution in [0.2, 0.25) is 0 Å². The summed E-state index contributed by atoms with van der Waals surface area (Å²) in [5.74, 6) is 0.348. The zero-order valence-corrected chi connectivity index (χ0v) is 77.9. The number of hydrogen-bond donors (Lipinski definition) is 0. The predicted molar refractivity (Wildman–Crippen MR) is 604 cm³/mol. The monoisotopic (exact) mass is 1800 g/mol. The summed E-state index contributed by atoms with van der Waals surface area (Å²) in [7, 11) is 0. The van der Waals surface area contributed by atoms with Gasteiger partial charge < -0.3 is 0 Å². The molecule has 0 N–H and O–H groups in total. The molecule has 0 radical (unpaired) electrons. The zero-order chi connectivity index (χ0) is 91.7.